The number of hydrogen-bond acceptors (Lipinski definition) is 4. The molecule has 0 fully saturated rings. The van der Waals surface area contributed by atoms with Crippen molar-refractivity contribution >= 4 is 27.3 Å². The van der Waals surface area contributed by atoms with Crippen LogP contribution in [-0.4, -0.2) is 30.3 Å². The highest BCUT2D eigenvalue weighted by molar-refractivity contribution is 7.89. The van der Waals surface area contributed by atoms with Gasteiger partial charge < -0.3 is 5.11 Å². The van der Waals surface area contributed by atoms with Gasteiger partial charge in [0, 0.05) is 18.0 Å². The first kappa shape index (κ1) is 16.7. The van der Waals surface area contributed by atoms with E-state index in [0.717, 1.165) is 4.88 Å². The van der Waals surface area contributed by atoms with Crippen molar-refractivity contribution < 1.29 is 18.3 Å². The van der Waals surface area contributed by atoms with Gasteiger partial charge in [-0.3, -0.25) is 0 Å². The van der Waals surface area contributed by atoms with Gasteiger partial charge in [0.2, 0.25) is 10.0 Å². The minimum Gasteiger partial charge on any atom is -0.478 e. The molecule has 0 unspecified atom stereocenters. The average Bonchev–Trinajstić information content (AvgIpc) is 2.97. The average molecular weight is 339 g/mol. The molecular weight excluding hydrogens is 322 g/mol. The molecule has 0 aliphatic heterocycles. The molecule has 0 saturated carbocycles. The normalized spacial score (nSPS) is 11.8. The van der Waals surface area contributed by atoms with Gasteiger partial charge in [-0.05, 0) is 36.1 Å². The summed E-state index contributed by atoms with van der Waals surface area (Å²) >= 11 is 1.49. The highest BCUT2D eigenvalue weighted by atomic mass is 32.2. The number of carboxylic acid groups (broad SMARTS) is 1. The Morgan fingerprint density at radius 1 is 1.32 bits per heavy atom. The Labute approximate surface area is 133 Å². The Morgan fingerprint density at radius 2 is 2.05 bits per heavy atom. The van der Waals surface area contributed by atoms with Crippen molar-refractivity contribution in [2.75, 3.05) is 6.54 Å². The minimum absolute atomic E-state index is 0.0312. The lowest BCUT2D eigenvalue weighted by atomic mass is 10.1. The molecule has 22 heavy (non-hydrogen) atoms. The van der Waals surface area contributed by atoms with Gasteiger partial charge in [-0.25, -0.2) is 13.2 Å². The maximum absolute atomic E-state index is 12.8. The van der Waals surface area contributed by atoms with E-state index >= 15 is 0 Å². The number of rotatable bonds is 6. The van der Waals surface area contributed by atoms with Crippen LogP contribution in [0.15, 0.2) is 40.6 Å². The SMILES string of the molecule is CCN(Cc1cccs1)S(=O)(=O)c1cc(C(=O)O)ccc1C. The first-order valence-corrected chi connectivity index (χ1v) is 9.04. The molecule has 0 saturated heterocycles. The van der Waals surface area contributed by atoms with Crippen LogP contribution in [0.3, 0.4) is 0 Å². The summed E-state index contributed by atoms with van der Waals surface area (Å²) in [6.45, 7) is 4.03. The van der Waals surface area contributed by atoms with E-state index < -0.39 is 16.0 Å². The smallest absolute Gasteiger partial charge is 0.335 e. The first-order chi connectivity index (χ1) is 10.4. The molecule has 118 valence electrons. The van der Waals surface area contributed by atoms with Crippen molar-refractivity contribution in [1.29, 1.82) is 0 Å². The number of benzene rings is 1. The van der Waals surface area contributed by atoms with Crippen LogP contribution in [0.1, 0.15) is 27.7 Å². The Bertz CT molecular complexity index is 767. The number of carbonyl (C=O) groups is 1. The molecule has 5 nitrogen and oxygen atoms in total. The summed E-state index contributed by atoms with van der Waals surface area (Å²) < 4.78 is 27.0. The van der Waals surface area contributed by atoms with Crippen molar-refractivity contribution in [2.45, 2.75) is 25.3 Å². The summed E-state index contributed by atoms with van der Waals surface area (Å²) in [5.74, 6) is -1.14. The predicted molar refractivity (Wildman–Crippen MR) is 85.7 cm³/mol. The molecular formula is C15H17NO4S2. The van der Waals surface area contributed by atoms with E-state index in [1.54, 1.807) is 13.8 Å². The highest BCUT2D eigenvalue weighted by Gasteiger charge is 2.26. The predicted octanol–water partition coefficient (Wildman–Crippen LogP) is 2.97. The van der Waals surface area contributed by atoms with E-state index in [2.05, 4.69) is 0 Å². The summed E-state index contributed by atoms with van der Waals surface area (Å²) in [7, 11) is -3.74. The second-order valence-corrected chi connectivity index (χ2v) is 7.73. The van der Waals surface area contributed by atoms with E-state index in [1.165, 1.54) is 33.8 Å². The van der Waals surface area contributed by atoms with Gasteiger partial charge in [0.15, 0.2) is 0 Å². The quantitative estimate of drug-likeness (QED) is 0.878. The monoisotopic (exact) mass is 339 g/mol. The van der Waals surface area contributed by atoms with Crippen LogP contribution in [0.5, 0.6) is 0 Å². The molecule has 0 radical (unpaired) electrons. The fourth-order valence-corrected chi connectivity index (χ4v) is 4.57. The molecule has 0 atom stereocenters. The third-order valence-corrected chi connectivity index (χ3v) is 6.24. The second kappa shape index (κ2) is 6.60. The van der Waals surface area contributed by atoms with Gasteiger partial charge in [0.05, 0.1) is 10.5 Å². The Balaban J connectivity index is 2.43. The van der Waals surface area contributed by atoms with Crippen LogP contribution >= 0.6 is 11.3 Å². The summed E-state index contributed by atoms with van der Waals surface area (Å²) in [5.41, 5.74) is 0.506. The van der Waals surface area contributed by atoms with Crippen LogP contribution in [0.25, 0.3) is 0 Å². The van der Waals surface area contributed by atoms with Crippen molar-refractivity contribution in [3.63, 3.8) is 0 Å². The zero-order valence-corrected chi connectivity index (χ0v) is 13.9. The minimum atomic E-state index is -3.74. The van der Waals surface area contributed by atoms with Crippen LogP contribution in [0, 0.1) is 6.92 Å². The van der Waals surface area contributed by atoms with Gasteiger partial charge in [0.1, 0.15) is 0 Å². The number of sulfonamides is 1. The lowest BCUT2D eigenvalue weighted by Crippen LogP contribution is -2.30. The van der Waals surface area contributed by atoms with Crippen LogP contribution < -0.4 is 0 Å². The molecule has 1 N–H and O–H groups in total. The van der Waals surface area contributed by atoms with E-state index in [4.69, 9.17) is 5.11 Å². The summed E-state index contributed by atoms with van der Waals surface area (Å²) in [5, 5.41) is 11.0. The van der Waals surface area contributed by atoms with E-state index in [0.29, 0.717) is 12.1 Å². The van der Waals surface area contributed by atoms with Crippen molar-refractivity contribution in [3.05, 3.63) is 51.7 Å². The molecule has 0 amide bonds. The molecule has 1 aromatic heterocycles. The third-order valence-electron chi connectivity index (χ3n) is 3.32. The molecule has 0 spiro atoms. The van der Waals surface area contributed by atoms with Gasteiger partial charge in [-0.2, -0.15) is 4.31 Å². The van der Waals surface area contributed by atoms with Crippen molar-refractivity contribution in [1.82, 2.24) is 4.31 Å². The maximum Gasteiger partial charge on any atom is 0.335 e. The lowest BCUT2D eigenvalue weighted by Gasteiger charge is -2.21. The lowest BCUT2D eigenvalue weighted by molar-refractivity contribution is 0.0696. The molecule has 0 bridgehead atoms. The summed E-state index contributed by atoms with van der Waals surface area (Å²) in [4.78, 5) is 12.1. The largest absolute Gasteiger partial charge is 0.478 e. The van der Waals surface area contributed by atoms with Gasteiger partial charge in [-0.1, -0.05) is 19.1 Å². The number of nitrogens with zero attached hydrogens (tertiary/aromatic N) is 1. The van der Waals surface area contributed by atoms with Crippen LogP contribution in [0.4, 0.5) is 0 Å². The Kier molecular flexibility index (Phi) is 5.00. The number of aryl methyl sites for hydroxylation is 1. The molecule has 1 aromatic carbocycles. The topological polar surface area (TPSA) is 74.7 Å². The molecule has 2 aromatic rings. The summed E-state index contributed by atoms with van der Waals surface area (Å²) in [6, 6.07) is 7.91. The number of hydrogen-bond donors (Lipinski definition) is 1. The van der Waals surface area contributed by atoms with Crippen molar-refractivity contribution in [2.24, 2.45) is 0 Å². The maximum atomic E-state index is 12.8. The zero-order chi connectivity index (χ0) is 16.3. The Morgan fingerprint density at radius 3 is 2.59 bits per heavy atom. The molecule has 7 heteroatoms. The Hall–Kier alpha value is -1.70. The van der Waals surface area contributed by atoms with Crippen LogP contribution in [-0.2, 0) is 16.6 Å². The van der Waals surface area contributed by atoms with Gasteiger partial charge >= 0.3 is 5.97 Å². The number of aromatic carboxylic acids is 1. The highest BCUT2D eigenvalue weighted by Crippen LogP contribution is 2.24. The number of carboxylic acids is 1. The fourth-order valence-electron chi connectivity index (χ4n) is 2.09. The zero-order valence-electron chi connectivity index (χ0n) is 12.3. The molecule has 2 rings (SSSR count). The molecule has 1 heterocycles. The molecule has 0 aliphatic carbocycles. The standard InChI is InChI=1S/C15H17NO4S2/c1-3-16(10-13-5-4-8-21-13)22(19,20)14-9-12(15(17)18)7-6-11(14)2/h4-9H,3,10H2,1-2H3,(H,17,18). The first-order valence-electron chi connectivity index (χ1n) is 6.72. The fraction of sp³-hybridized carbons (Fsp3) is 0.267. The third kappa shape index (κ3) is 3.37. The van der Waals surface area contributed by atoms with Gasteiger partial charge in [-0.15, -0.1) is 11.3 Å². The molecule has 0 aliphatic rings. The van der Waals surface area contributed by atoms with E-state index in [9.17, 15) is 13.2 Å². The van der Waals surface area contributed by atoms with E-state index in [-0.39, 0.29) is 17.0 Å². The van der Waals surface area contributed by atoms with E-state index in [1.807, 2.05) is 17.5 Å². The second-order valence-electron chi connectivity index (χ2n) is 4.80. The van der Waals surface area contributed by atoms with Crippen molar-refractivity contribution in [3.8, 4) is 0 Å². The summed E-state index contributed by atoms with van der Waals surface area (Å²) in [6.07, 6.45) is 0. The van der Waals surface area contributed by atoms with Crippen LogP contribution in [0.2, 0.25) is 0 Å². The van der Waals surface area contributed by atoms with Gasteiger partial charge in [0.25, 0.3) is 0 Å². The number of thiophene rings is 1.